The largest absolute Gasteiger partial charge is 0.394 e. The number of benzene rings is 1. The van der Waals surface area contributed by atoms with Crippen molar-refractivity contribution in [1.82, 2.24) is 4.72 Å². The van der Waals surface area contributed by atoms with E-state index in [0.717, 1.165) is 0 Å². The zero-order valence-electron chi connectivity index (χ0n) is 10.1. The molecule has 6 heteroatoms. The number of rotatable bonds is 6. The van der Waals surface area contributed by atoms with Crippen molar-refractivity contribution in [3.63, 3.8) is 0 Å². The second kappa shape index (κ2) is 6.50. The van der Waals surface area contributed by atoms with Gasteiger partial charge in [-0.05, 0) is 12.0 Å². The van der Waals surface area contributed by atoms with E-state index in [1.54, 1.807) is 43.3 Å². The maximum atomic E-state index is 11.9. The number of nitrogens with zero attached hydrogens (tertiary/aromatic N) is 1. The van der Waals surface area contributed by atoms with Crippen molar-refractivity contribution < 1.29 is 13.5 Å². The predicted octanol–water partition coefficient (Wildman–Crippen LogP) is 0.942. The highest BCUT2D eigenvalue weighted by Crippen LogP contribution is 2.15. The van der Waals surface area contributed by atoms with Gasteiger partial charge >= 0.3 is 0 Å². The second-order valence-corrected chi connectivity index (χ2v) is 5.73. The van der Waals surface area contributed by atoms with Gasteiger partial charge in [0.2, 0.25) is 10.0 Å². The third kappa shape index (κ3) is 3.53. The Morgan fingerprint density at radius 3 is 2.44 bits per heavy atom. The number of aliphatic hydroxyl groups excluding tert-OH is 1. The van der Waals surface area contributed by atoms with Gasteiger partial charge in [-0.1, -0.05) is 37.3 Å². The molecule has 0 aliphatic rings. The normalized spacial score (nSPS) is 14.7. The molecule has 0 spiro atoms. The number of hydrogen-bond donors (Lipinski definition) is 2. The molecule has 1 rings (SSSR count). The molecule has 0 bridgehead atoms. The second-order valence-electron chi connectivity index (χ2n) is 3.83. The van der Waals surface area contributed by atoms with Crippen LogP contribution in [0.5, 0.6) is 0 Å². The van der Waals surface area contributed by atoms with Crippen LogP contribution in [-0.2, 0) is 10.0 Å². The highest BCUT2D eigenvalue weighted by molar-refractivity contribution is 7.90. The molecule has 0 amide bonds. The van der Waals surface area contributed by atoms with Crippen molar-refractivity contribution >= 4 is 10.0 Å². The van der Waals surface area contributed by atoms with E-state index in [9.17, 15) is 13.5 Å². The highest BCUT2D eigenvalue weighted by atomic mass is 32.2. The van der Waals surface area contributed by atoms with Gasteiger partial charge in [-0.3, -0.25) is 0 Å². The maximum Gasteiger partial charge on any atom is 0.228 e. The fourth-order valence-electron chi connectivity index (χ4n) is 1.56. The molecule has 0 aliphatic carbocycles. The summed E-state index contributed by atoms with van der Waals surface area (Å²) in [6, 6.07) is 9.77. The molecule has 0 saturated heterocycles. The average Bonchev–Trinajstić information content (AvgIpc) is 2.38. The Hall–Kier alpha value is -1.42. The molecule has 0 radical (unpaired) electrons. The van der Waals surface area contributed by atoms with Crippen LogP contribution in [0.4, 0.5) is 0 Å². The van der Waals surface area contributed by atoms with Crippen molar-refractivity contribution in [1.29, 1.82) is 5.26 Å². The standard InChI is InChI=1S/C12H16N2O3S/c1-2-11(8-13)18(16,17)14-12(9-15)10-6-4-3-5-7-10/h3-7,11-12,14-15H,2,9H2,1H3/t11?,12-/m0/s1. The molecule has 0 heterocycles. The lowest BCUT2D eigenvalue weighted by atomic mass is 10.1. The molecule has 2 N–H and O–H groups in total. The molecule has 1 aromatic carbocycles. The van der Waals surface area contributed by atoms with Crippen molar-refractivity contribution in [2.24, 2.45) is 0 Å². The Bertz CT molecular complexity index is 508. The molecule has 2 atom stereocenters. The number of sulfonamides is 1. The zero-order chi connectivity index (χ0) is 13.6. The Kier molecular flexibility index (Phi) is 5.28. The molecule has 5 nitrogen and oxygen atoms in total. The molecule has 0 saturated carbocycles. The lowest BCUT2D eigenvalue weighted by molar-refractivity contribution is 0.258. The Morgan fingerprint density at radius 1 is 1.39 bits per heavy atom. The van der Waals surface area contributed by atoms with Gasteiger partial charge in [-0.15, -0.1) is 0 Å². The summed E-state index contributed by atoms with van der Waals surface area (Å²) in [5.41, 5.74) is 0.663. The summed E-state index contributed by atoms with van der Waals surface area (Å²) in [7, 11) is -3.75. The molecule has 18 heavy (non-hydrogen) atoms. The van der Waals surface area contributed by atoms with Gasteiger partial charge in [-0.25, -0.2) is 13.1 Å². The van der Waals surface area contributed by atoms with Crippen LogP contribution in [0.3, 0.4) is 0 Å². The topological polar surface area (TPSA) is 90.2 Å². The third-order valence-corrected chi connectivity index (χ3v) is 4.38. The summed E-state index contributed by atoms with van der Waals surface area (Å²) >= 11 is 0. The first-order chi connectivity index (χ1) is 8.55. The summed E-state index contributed by atoms with van der Waals surface area (Å²) in [5, 5.41) is 16.9. The van der Waals surface area contributed by atoms with Crippen LogP contribution in [-0.4, -0.2) is 25.4 Å². The number of nitrogens with one attached hydrogen (secondary N) is 1. The predicted molar refractivity (Wildman–Crippen MR) is 68.0 cm³/mol. The minimum atomic E-state index is -3.75. The lowest BCUT2D eigenvalue weighted by Crippen LogP contribution is -2.37. The fourth-order valence-corrected chi connectivity index (χ4v) is 2.91. The molecule has 1 unspecified atom stereocenters. The van der Waals surface area contributed by atoms with Crippen molar-refractivity contribution in [2.75, 3.05) is 6.61 Å². The van der Waals surface area contributed by atoms with Crippen LogP contribution in [0, 0.1) is 11.3 Å². The Balaban J connectivity index is 2.92. The first-order valence-electron chi connectivity index (χ1n) is 5.61. The Morgan fingerprint density at radius 2 is 2.00 bits per heavy atom. The van der Waals surface area contributed by atoms with E-state index in [1.807, 2.05) is 0 Å². The monoisotopic (exact) mass is 268 g/mol. The number of hydrogen-bond acceptors (Lipinski definition) is 4. The van der Waals surface area contributed by atoms with Crippen molar-refractivity contribution in [3.8, 4) is 6.07 Å². The molecule has 0 aliphatic heterocycles. The van der Waals surface area contributed by atoms with Gasteiger partial charge in [-0.2, -0.15) is 5.26 Å². The van der Waals surface area contributed by atoms with Crippen LogP contribution in [0.15, 0.2) is 30.3 Å². The summed E-state index contributed by atoms with van der Waals surface area (Å²) < 4.78 is 26.1. The fraction of sp³-hybridized carbons (Fsp3) is 0.417. The molecule has 0 fully saturated rings. The first-order valence-corrected chi connectivity index (χ1v) is 7.16. The van der Waals surface area contributed by atoms with E-state index in [4.69, 9.17) is 5.26 Å². The van der Waals surface area contributed by atoms with E-state index in [2.05, 4.69) is 4.72 Å². The van der Waals surface area contributed by atoms with Gasteiger partial charge in [0.05, 0.1) is 18.7 Å². The Labute approximate surface area is 107 Å². The van der Waals surface area contributed by atoms with Gasteiger partial charge in [0.25, 0.3) is 0 Å². The van der Waals surface area contributed by atoms with Crippen molar-refractivity contribution in [2.45, 2.75) is 24.6 Å². The van der Waals surface area contributed by atoms with E-state index in [-0.39, 0.29) is 13.0 Å². The smallest absolute Gasteiger partial charge is 0.228 e. The highest BCUT2D eigenvalue weighted by Gasteiger charge is 2.26. The van der Waals surface area contributed by atoms with Crippen LogP contribution in [0.1, 0.15) is 24.9 Å². The van der Waals surface area contributed by atoms with Gasteiger partial charge in [0.15, 0.2) is 5.25 Å². The lowest BCUT2D eigenvalue weighted by Gasteiger charge is -2.18. The van der Waals surface area contributed by atoms with E-state index in [0.29, 0.717) is 5.56 Å². The average molecular weight is 268 g/mol. The third-order valence-electron chi connectivity index (χ3n) is 2.58. The van der Waals surface area contributed by atoms with Crippen LogP contribution in [0.25, 0.3) is 0 Å². The molecular formula is C12H16N2O3S. The number of aliphatic hydroxyl groups is 1. The molecule has 1 aromatic rings. The van der Waals surface area contributed by atoms with E-state index < -0.39 is 21.3 Å². The zero-order valence-corrected chi connectivity index (χ0v) is 10.9. The maximum absolute atomic E-state index is 11.9. The summed E-state index contributed by atoms with van der Waals surface area (Å²) in [6.45, 7) is 1.27. The molecular weight excluding hydrogens is 252 g/mol. The van der Waals surface area contributed by atoms with Crippen molar-refractivity contribution in [3.05, 3.63) is 35.9 Å². The SMILES string of the molecule is CCC(C#N)S(=O)(=O)N[C@@H](CO)c1ccccc1. The van der Waals surface area contributed by atoms with Crippen LogP contribution < -0.4 is 4.72 Å². The molecule has 0 aromatic heterocycles. The minimum absolute atomic E-state index is 0.207. The van der Waals surface area contributed by atoms with Crippen LogP contribution >= 0.6 is 0 Å². The summed E-state index contributed by atoms with van der Waals surface area (Å²) in [5.74, 6) is 0. The van der Waals surface area contributed by atoms with E-state index in [1.165, 1.54) is 0 Å². The summed E-state index contributed by atoms with van der Waals surface area (Å²) in [4.78, 5) is 0. The summed E-state index contributed by atoms with van der Waals surface area (Å²) in [6.07, 6.45) is 0.207. The molecule has 98 valence electrons. The first kappa shape index (κ1) is 14.6. The van der Waals surface area contributed by atoms with Gasteiger partial charge in [0, 0.05) is 0 Å². The van der Waals surface area contributed by atoms with Crippen LogP contribution in [0.2, 0.25) is 0 Å². The quantitative estimate of drug-likeness (QED) is 0.803. The van der Waals surface area contributed by atoms with Gasteiger partial charge in [0.1, 0.15) is 0 Å². The van der Waals surface area contributed by atoms with E-state index >= 15 is 0 Å². The number of nitriles is 1. The van der Waals surface area contributed by atoms with Gasteiger partial charge < -0.3 is 5.11 Å². The minimum Gasteiger partial charge on any atom is -0.394 e.